The quantitative estimate of drug-likeness (QED) is 0.778. The molecular weight excluding hydrogens is 180 g/mol. The van der Waals surface area contributed by atoms with E-state index in [2.05, 4.69) is 16.5 Å². The summed E-state index contributed by atoms with van der Waals surface area (Å²) in [6, 6.07) is 11.3. The average molecular weight is 187 g/mol. The zero-order valence-corrected chi connectivity index (χ0v) is 7.23. The van der Waals surface area contributed by atoms with Gasteiger partial charge in [-0.05, 0) is 18.2 Å². The lowest BCUT2D eigenvalue weighted by atomic mass is 10.3. The molecule has 1 heterocycles. The Bertz CT molecular complexity index is 409. The van der Waals surface area contributed by atoms with Crippen molar-refractivity contribution in [2.24, 2.45) is 0 Å². The second kappa shape index (κ2) is 3.74. The van der Waals surface area contributed by atoms with Gasteiger partial charge in [0.2, 0.25) is 5.76 Å². The molecule has 0 aliphatic rings. The Balaban J connectivity index is 2.10. The minimum atomic E-state index is -0.317. The predicted octanol–water partition coefficient (Wildman–Crippen LogP) is 1.73. The van der Waals surface area contributed by atoms with Gasteiger partial charge in [0.15, 0.2) is 0 Å². The second-order valence-corrected chi connectivity index (χ2v) is 2.62. The van der Waals surface area contributed by atoms with Gasteiger partial charge in [-0.15, -0.1) is 0 Å². The van der Waals surface area contributed by atoms with Crippen LogP contribution in [0.2, 0.25) is 0 Å². The second-order valence-electron chi connectivity index (χ2n) is 2.62. The maximum Gasteiger partial charge on any atom is 0.294 e. The summed E-state index contributed by atoms with van der Waals surface area (Å²) in [6.45, 7) is 0. The summed E-state index contributed by atoms with van der Waals surface area (Å²) >= 11 is 0. The molecule has 1 N–H and O–H groups in total. The summed E-state index contributed by atoms with van der Waals surface area (Å²) in [5.74, 6) is -0.129. The molecular formula is C10H7N2O2. The topological polar surface area (TPSA) is 55.1 Å². The molecule has 0 fully saturated rings. The highest BCUT2D eigenvalue weighted by Gasteiger charge is 2.08. The van der Waals surface area contributed by atoms with Crippen LogP contribution in [0.4, 0.5) is 5.69 Å². The highest BCUT2D eigenvalue weighted by atomic mass is 16.5. The van der Waals surface area contributed by atoms with Crippen molar-refractivity contribution in [2.45, 2.75) is 0 Å². The third kappa shape index (κ3) is 1.80. The van der Waals surface area contributed by atoms with Gasteiger partial charge in [-0.3, -0.25) is 4.79 Å². The molecule has 1 aromatic heterocycles. The number of hydrogen-bond donors (Lipinski definition) is 1. The highest BCUT2D eigenvalue weighted by Crippen LogP contribution is 2.07. The van der Waals surface area contributed by atoms with Crippen molar-refractivity contribution in [3.05, 3.63) is 48.4 Å². The number of amides is 1. The number of rotatable bonds is 2. The van der Waals surface area contributed by atoms with Crippen molar-refractivity contribution in [2.75, 3.05) is 5.32 Å². The Morgan fingerprint density at radius 2 is 2.43 bits per heavy atom. The van der Waals surface area contributed by atoms with Crippen molar-refractivity contribution in [3.63, 3.8) is 0 Å². The Labute approximate surface area is 80.5 Å². The Morgan fingerprint density at radius 3 is 3.07 bits per heavy atom. The van der Waals surface area contributed by atoms with Crippen LogP contribution in [0.5, 0.6) is 0 Å². The van der Waals surface area contributed by atoms with E-state index in [1.165, 1.54) is 12.3 Å². The first-order valence-corrected chi connectivity index (χ1v) is 4.04. The average Bonchev–Trinajstić information content (AvgIpc) is 2.72. The zero-order valence-electron chi connectivity index (χ0n) is 7.23. The number of carbonyl (C=O) groups is 1. The van der Waals surface area contributed by atoms with E-state index in [4.69, 9.17) is 4.52 Å². The van der Waals surface area contributed by atoms with Gasteiger partial charge in [0.25, 0.3) is 5.91 Å². The van der Waals surface area contributed by atoms with Crippen molar-refractivity contribution in [3.8, 4) is 0 Å². The molecule has 2 rings (SSSR count). The molecule has 0 atom stereocenters. The third-order valence-corrected chi connectivity index (χ3v) is 1.63. The molecule has 0 aliphatic carbocycles. The fourth-order valence-electron chi connectivity index (χ4n) is 0.997. The van der Waals surface area contributed by atoms with Gasteiger partial charge in [-0.25, -0.2) is 0 Å². The smallest absolute Gasteiger partial charge is 0.294 e. The maximum absolute atomic E-state index is 11.4. The van der Waals surface area contributed by atoms with Crippen LogP contribution in [0.15, 0.2) is 41.1 Å². The van der Waals surface area contributed by atoms with Crippen LogP contribution in [-0.2, 0) is 0 Å². The van der Waals surface area contributed by atoms with Crippen LogP contribution in [0, 0.1) is 6.07 Å². The van der Waals surface area contributed by atoms with E-state index in [1.54, 1.807) is 24.3 Å². The van der Waals surface area contributed by atoms with E-state index >= 15 is 0 Å². The van der Waals surface area contributed by atoms with Crippen LogP contribution < -0.4 is 5.32 Å². The Hall–Kier alpha value is -2.10. The van der Waals surface area contributed by atoms with E-state index in [0.29, 0.717) is 5.69 Å². The van der Waals surface area contributed by atoms with Crippen LogP contribution in [0.3, 0.4) is 0 Å². The van der Waals surface area contributed by atoms with Gasteiger partial charge in [-0.1, -0.05) is 17.3 Å². The molecule has 1 aromatic carbocycles. The molecule has 0 spiro atoms. The number of anilines is 1. The van der Waals surface area contributed by atoms with Gasteiger partial charge < -0.3 is 9.84 Å². The molecule has 0 unspecified atom stereocenters. The number of aromatic nitrogens is 1. The molecule has 1 amide bonds. The van der Waals surface area contributed by atoms with Crippen LogP contribution in [0.1, 0.15) is 10.6 Å². The molecule has 1 radical (unpaired) electrons. The standard InChI is InChI=1S/C10H7N2O2/c13-10(9-6-7-11-14-9)12-8-4-2-1-3-5-8/h1-2,4-7H,(H,12,13). The minimum Gasteiger partial charge on any atom is -0.351 e. The van der Waals surface area contributed by atoms with E-state index in [-0.39, 0.29) is 11.7 Å². The van der Waals surface area contributed by atoms with Gasteiger partial charge in [0, 0.05) is 11.8 Å². The van der Waals surface area contributed by atoms with Crippen LogP contribution in [0.25, 0.3) is 0 Å². The summed E-state index contributed by atoms with van der Waals surface area (Å²) < 4.78 is 4.70. The summed E-state index contributed by atoms with van der Waals surface area (Å²) in [5, 5.41) is 6.08. The molecule has 2 aromatic rings. The molecule has 0 bridgehead atoms. The van der Waals surface area contributed by atoms with Crippen LogP contribution >= 0.6 is 0 Å². The van der Waals surface area contributed by atoms with Gasteiger partial charge in [-0.2, -0.15) is 0 Å². The first-order chi connectivity index (χ1) is 6.86. The summed E-state index contributed by atoms with van der Waals surface area (Å²) in [4.78, 5) is 11.4. The molecule has 69 valence electrons. The van der Waals surface area contributed by atoms with Crippen molar-refractivity contribution >= 4 is 11.6 Å². The van der Waals surface area contributed by atoms with Gasteiger partial charge in [0.1, 0.15) is 0 Å². The maximum atomic E-state index is 11.4. The molecule has 0 saturated carbocycles. The lowest BCUT2D eigenvalue weighted by Crippen LogP contribution is -2.10. The minimum absolute atomic E-state index is 0.189. The van der Waals surface area contributed by atoms with Crippen molar-refractivity contribution in [1.82, 2.24) is 5.16 Å². The largest absolute Gasteiger partial charge is 0.351 e. The lowest BCUT2D eigenvalue weighted by Gasteiger charge is -2.00. The monoisotopic (exact) mass is 187 g/mol. The van der Waals surface area contributed by atoms with E-state index in [0.717, 1.165) is 0 Å². The SMILES string of the molecule is O=C(Nc1c[c]ccc1)c1ccno1. The summed E-state index contributed by atoms with van der Waals surface area (Å²) in [6.07, 6.45) is 1.42. The molecule has 0 aliphatic heterocycles. The first-order valence-electron chi connectivity index (χ1n) is 4.04. The molecule has 4 heteroatoms. The highest BCUT2D eigenvalue weighted by molar-refractivity contribution is 6.01. The normalized spacial score (nSPS) is 9.71. The number of benzene rings is 1. The van der Waals surface area contributed by atoms with Gasteiger partial charge in [0.05, 0.1) is 6.20 Å². The Kier molecular flexibility index (Phi) is 2.27. The molecule has 0 saturated heterocycles. The van der Waals surface area contributed by atoms with E-state index < -0.39 is 0 Å². The zero-order chi connectivity index (χ0) is 9.80. The lowest BCUT2D eigenvalue weighted by molar-refractivity contribution is 0.0988. The van der Waals surface area contributed by atoms with Crippen LogP contribution in [-0.4, -0.2) is 11.1 Å². The third-order valence-electron chi connectivity index (χ3n) is 1.63. The Morgan fingerprint density at radius 1 is 1.50 bits per heavy atom. The van der Waals surface area contributed by atoms with Gasteiger partial charge >= 0.3 is 0 Å². The summed E-state index contributed by atoms with van der Waals surface area (Å²) in [7, 11) is 0. The van der Waals surface area contributed by atoms with Crippen molar-refractivity contribution < 1.29 is 9.32 Å². The van der Waals surface area contributed by atoms with E-state index in [1.807, 2.05) is 0 Å². The number of nitrogens with one attached hydrogen (secondary N) is 1. The predicted molar refractivity (Wildman–Crippen MR) is 49.7 cm³/mol. The number of carbonyl (C=O) groups excluding carboxylic acids is 1. The summed E-state index contributed by atoms with van der Waals surface area (Å²) in [5.41, 5.74) is 0.675. The fourth-order valence-corrected chi connectivity index (χ4v) is 0.997. The number of hydrogen-bond acceptors (Lipinski definition) is 3. The fraction of sp³-hybridized carbons (Fsp3) is 0. The number of nitrogens with zero attached hydrogens (tertiary/aromatic N) is 1. The first kappa shape index (κ1) is 8.50. The molecule has 4 nitrogen and oxygen atoms in total. The molecule has 14 heavy (non-hydrogen) atoms. The van der Waals surface area contributed by atoms with E-state index in [9.17, 15) is 4.79 Å². The van der Waals surface area contributed by atoms with Crippen molar-refractivity contribution in [1.29, 1.82) is 0 Å².